The van der Waals surface area contributed by atoms with Gasteiger partial charge in [0, 0.05) is 18.3 Å². The van der Waals surface area contributed by atoms with Crippen molar-refractivity contribution in [2.75, 3.05) is 0 Å². The summed E-state index contributed by atoms with van der Waals surface area (Å²) in [6.45, 7) is 0.519. The summed E-state index contributed by atoms with van der Waals surface area (Å²) in [6.07, 6.45) is 2.07. The lowest BCUT2D eigenvalue weighted by atomic mass is 9.87. The van der Waals surface area contributed by atoms with Crippen LogP contribution in [0.15, 0.2) is 30.5 Å². The van der Waals surface area contributed by atoms with Crippen LogP contribution >= 0.6 is 0 Å². The molecule has 4 nitrogen and oxygen atoms in total. The molecule has 0 fully saturated rings. The Balaban J connectivity index is 2.25. The average Bonchev–Trinajstić information content (AvgIpc) is 2.58. The molecule has 2 aromatic rings. The Bertz CT molecular complexity index is 427. The van der Waals surface area contributed by atoms with Crippen LogP contribution in [0.3, 0.4) is 0 Å². The monoisotopic (exact) mass is 190 g/mol. The molecule has 0 saturated carbocycles. The van der Waals surface area contributed by atoms with Crippen LogP contribution in [-0.4, -0.2) is 26.9 Å². The van der Waals surface area contributed by atoms with Gasteiger partial charge in [-0.2, -0.15) is 5.10 Å². The zero-order valence-corrected chi connectivity index (χ0v) is 7.67. The maximum absolute atomic E-state index is 8.74. The Labute approximate surface area is 81.9 Å². The highest BCUT2D eigenvalue weighted by molar-refractivity contribution is 6.40. The molecule has 0 atom stereocenters. The van der Waals surface area contributed by atoms with Crippen molar-refractivity contribution < 1.29 is 10.0 Å². The average molecular weight is 190 g/mol. The van der Waals surface area contributed by atoms with Crippen LogP contribution in [0, 0.1) is 0 Å². The van der Waals surface area contributed by atoms with E-state index in [1.165, 1.54) is 0 Å². The first-order valence-electron chi connectivity index (χ1n) is 4.54. The third kappa shape index (κ3) is 1.78. The molecule has 0 aliphatic carbocycles. The number of aromatic nitrogens is 2. The molecule has 72 valence electrons. The van der Waals surface area contributed by atoms with Crippen LogP contribution in [0.25, 0.3) is 10.9 Å². The van der Waals surface area contributed by atoms with E-state index in [0.717, 1.165) is 10.9 Å². The van der Waals surface area contributed by atoms with Crippen molar-refractivity contribution in [3.8, 4) is 0 Å². The van der Waals surface area contributed by atoms with E-state index in [9.17, 15) is 0 Å². The summed E-state index contributed by atoms with van der Waals surface area (Å²) in [5.74, 6) is 0. The highest BCUT2D eigenvalue weighted by Gasteiger charge is 2.08. The van der Waals surface area contributed by atoms with Gasteiger partial charge in [-0.1, -0.05) is 18.2 Å². The van der Waals surface area contributed by atoms with Gasteiger partial charge in [-0.3, -0.25) is 4.68 Å². The predicted molar refractivity (Wildman–Crippen MR) is 54.7 cm³/mol. The van der Waals surface area contributed by atoms with Crippen LogP contribution < -0.4 is 0 Å². The number of aryl methyl sites for hydroxylation is 1. The van der Waals surface area contributed by atoms with Crippen molar-refractivity contribution in [2.45, 2.75) is 12.9 Å². The van der Waals surface area contributed by atoms with Crippen molar-refractivity contribution in [2.24, 2.45) is 0 Å². The summed E-state index contributed by atoms with van der Waals surface area (Å²) in [5, 5.41) is 22.7. The topological polar surface area (TPSA) is 58.3 Å². The molecule has 0 saturated heterocycles. The molecule has 1 heterocycles. The third-order valence-electron chi connectivity index (χ3n) is 2.15. The van der Waals surface area contributed by atoms with Crippen molar-refractivity contribution >= 4 is 18.0 Å². The van der Waals surface area contributed by atoms with E-state index < -0.39 is 7.12 Å². The van der Waals surface area contributed by atoms with Gasteiger partial charge >= 0.3 is 7.12 Å². The molecule has 0 amide bonds. The minimum absolute atomic E-state index is 0.297. The first-order valence-corrected chi connectivity index (χ1v) is 4.54. The van der Waals surface area contributed by atoms with Crippen LogP contribution in [-0.2, 0) is 6.54 Å². The van der Waals surface area contributed by atoms with Gasteiger partial charge in [-0.15, -0.1) is 0 Å². The Morgan fingerprint density at radius 1 is 1.29 bits per heavy atom. The molecular formula is C9H11BN2O2. The summed E-state index contributed by atoms with van der Waals surface area (Å²) in [7, 11) is -1.27. The van der Waals surface area contributed by atoms with Crippen molar-refractivity contribution in [1.29, 1.82) is 0 Å². The fourth-order valence-electron chi connectivity index (χ4n) is 1.44. The largest absolute Gasteiger partial charge is 0.453 e. The normalized spacial score (nSPS) is 10.7. The van der Waals surface area contributed by atoms with E-state index in [4.69, 9.17) is 10.0 Å². The van der Waals surface area contributed by atoms with Crippen LogP contribution in [0.4, 0.5) is 0 Å². The van der Waals surface area contributed by atoms with E-state index in [1.54, 1.807) is 10.9 Å². The van der Waals surface area contributed by atoms with Gasteiger partial charge in [0.2, 0.25) is 0 Å². The molecule has 14 heavy (non-hydrogen) atoms. The number of rotatable bonds is 3. The summed E-state index contributed by atoms with van der Waals surface area (Å²) in [5.41, 5.74) is 1.02. The van der Waals surface area contributed by atoms with Gasteiger partial charge in [0.05, 0.1) is 11.7 Å². The molecule has 1 aromatic carbocycles. The van der Waals surface area contributed by atoms with Gasteiger partial charge in [-0.25, -0.2) is 0 Å². The Kier molecular flexibility index (Phi) is 2.52. The third-order valence-corrected chi connectivity index (χ3v) is 2.15. The maximum Gasteiger partial charge on any atom is 0.453 e. The molecule has 0 spiro atoms. The maximum atomic E-state index is 8.74. The smallest absolute Gasteiger partial charge is 0.427 e. The molecule has 0 aliphatic rings. The van der Waals surface area contributed by atoms with Gasteiger partial charge in [-0.05, 0) is 6.07 Å². The van der Waals surface area contributed by atoms with E-state index in [-0.39, 0.29) is 0 Å². The molecular weight excluding hydrogens is 179 g/mol. The molecule has 0 bridgehead atoms. The fourth-order valence-corrected chi connectivity index (χ4v) is 1.44. The van der Waals surface area contributed by atoms with Crippen molar-refractivity contribution in [3.05, 3.63) is 30.5 Å². The lowest BCUT2D eigenvalue weighted by molar-refractivity contribution is 0.399. The number of fused-ring (bicyclic) bond motifs is 1. The molecule has 0 unspecified atom stereocenters. The number of para-hydroxylation sites is 1. The summed E-state index contributed by atoms with van der Waals surface area (Å²) in [4.78, 5) is 0. The zero-order valence-electron chi connectivity index (χ0n) is 7.67. The van der Waals surface area contributed by atoms with E-state index in [1.807, 2.05) is 24.3 Å². The number of hydrogen-bond acceptors (Lipinski definition) is 3. The van der Waals surface area contributed by atoms with Gasteiger partial charge in [0.1, 0.15) is 0 Å². The molecule has 1 aromatic heterocycles. The Hall–Kier alpha value is -1.33. The van der Waals surface area contributed by atoms with Crippen LogP contribution in [0.2, 0.25) is 6.32 Å². The second-order valence-electron chi connectivity index (χ2n) is 3.20. The lowest BCUT2D eigenvalue weighted by Gasteiger charge is -2.01. The second-order valence-corrected chi connectivity index (χ2v) is 3.20. The summed E-state index contributed by atoms with van der Waals surface area (Å²) >= 11 is 0. The van der Waals surface area contributed by atoms with Gasteiger partial charge in [0.25, 0.3) is 0 Å². The molecule has 2 N–H and O–H groups in total. The second kappa shape index (κ2) is 3.81. The summed E-state index contributed by atoms with van der Waals surface area (Å²) < 4.78 is 1.77. The molecule has 5 heteroatoms. The van der Waals surface area contributed by atoms with Crippen LogP contribution in [0.5, 0.6) is 0 Å². The zero-order chi connectivity index (χ0) is 9.97. The van der Waals surface area contributed by atoms with Crippen molar-refractivity contribution in [3.63, 3.8) is 0 Å². The Morgan fingerprint density at radius 3 is 2.86 bits per heavy atom. The molecule has 2 rings (SSSR count). The van der Waals surface area contributed by atoms with Gasteiger partial charge < -0.3 is 10.0 Å². The number of benzene rings is 1. The fraction of sp³-hybridized carbons (Fsp3) is 0.222. The molecule has 0 radical (unpaired) electrons. The SMILES string of the molecule is OB(O)CCn1ncc2ccccc21. The molecule has 0 aliphatic heterocycles. The number of hydrogen-bond donors (Lipinski definition) is 2. The quantitative estimate of drug-likeness (QED) is 0.693. The van der Waals surface area contributed by atoms with Gasteiger partial charge in [0.15, 0.2) is 0 Å². The van der Waals surface area contributed by atoms with E-state index in [2.05, 4.69) is 5.10 Å². The first-order chi connectivity index (χ1) is 6.77. The minimum Gasteiger partial charge on any atom is -0.427 e. The number of nitrogens with zero attached hydrogens (tertiary/aromatic N) is 2. The van der Waals surface area contributed by atoms with Crippen LogP contribution in [0.1, 0.15) is 0 Å². The first kappa shape index (κ1) is 9.24. The predicted octanol–water partition coefficient (Wildman–Crippen LogP) is 0.509. The Morgan fingerprint density at radius 2 is 2.07 bits per heavy atom. The van der Waals surface area contributed by atoms with E-state index in [0.29, 0.717) is 12.9 Å². The standard InChI is InChI=1S/C9H11BN2O2/c13-10(14)5-6-12-9-4-2-1-3-8(9)7-11-12/h1-4,7,13-14H,5-6H2. The summed E-state index contributed by atoms with van der Waals surface area (Å²) in [6, 6.07) is 7.84. The van der Waals surface area contributed by atoms with E-state index >= 15 is 0 Å². The highest BCUT2D eigenvalue weighted by Crippen LogP contribution is 2.12. The highest BCUT2D eigenvalue weighted by atomic mass is 16.4. The lowest BCUT2D eigenvalue weighted by Crippen LogP contribution is -2.14. The van der Waals surface area contributed by atoms with Crippen molar-refractivity contribution in [1.82, 2.24) is 9.78 Å². The minimum atomic E-state index is -1.27.